The first kappa shape index (κ1) is 44.4. The molecule has 0 radical (unpaired) electrons. The fraction of sp³-hybridized carbons (Fsp3) is 0.385. The third-order valence-corrected chi connectivity index (χ3v) is 13.5. The fourth-order valence-electron chi connectivity index (χ4n) is 9.78. The minimum atomic E-state index is -0.778. The maximum atomic E-state index is 14.3. The number of rotatable bonds is 13. The average Bonchev–Trinajstić information content (AvgIpc) is 4.20. The second-order valence-electron chi connectivity index (χ2n) is 18.1. The third-order valence-electron chi connectivity index (χ3n) is 13.5. The molecule has 4 unspecified atom stereocenters. The number of hydrogen-bond acceptors (Lipinski definition) is 8. The molecule has 3 aliphatic rings. The van der Waals surface area contributed by atoms with Gasteiger partial charge in [-0.3, -0.25) is 14.4 Å². The van der Waals surface area contributed by atoms with E-state index >= 15 is 0 Å². The Morgan fingerprint density at radius 2 is 1.26 bits per heavy atom. The summed E-state index contributed by atoms with van der Waals surface area (Å²) in [5.41, 5.74) is 6.67. The van der Waals surface area contributed by atoms with Crippen LogP contribution < -0.4 is 10.6 Å². The van der Waals surface area contributed by atoms with Gasteiger partial charge < -0.3 is 39.9 Å². The number of ether oxygens (including phenoxy) is 2. The highest BCUT2D eigenvalue weighted by atomic mass is 16.5. The van der Waals surface area contributed by atoms with Crippen molar-refractivity contribution in [3.63, 3.8) is 0 Å². The van der Waals surface area contributed by atoms with Crippen molar-refractivity contribution in [3.05, 3.63) is 121 Å². The maximum absolute atomic E-state index is 14.3. The van der Waals surface area contributed by atoms with Crippen LogP contribution in [0.1, 0.15) is 94.1 Å². The second-order valence-corrected chi connectivity index (χ2v) is 18.1. The molecule has 66 heavy (non-hydrogen) atoms. The van der Waals surface area contributed by atoms with E-state index in [0.29, 0.717) is 32.7 Å². The van der Waals surface area contributed by atoms with E-state index in [1.54, 1.807) is 0 Å². The zero-order valence-electron chi connectivity index (χ0n) is 37.8. The number of amides is 4. The van der Waals surface area contributed by atoms with Crippen molar-refractivity contribution in [3.8, 4) is 33.6 Å². The number of nitrogens with one attached hydrogen (secondary N) is 4. The van der Waals surface area contributed by atoms with Gasteiger partial charge in [0.15, 0.2) is 0 Å². The minimum Gasteiger partial charge on any atom is -0.453 e. The van der Waals surface area contributed by atoms with Crippen molar-refractivity contribution < 1.29 is 28.7 Å². The van der Waals surface area contributed by atoms with Gasteiger partial charge in [-0.25, -0.2) is 14.8 Å². The van der Waals surface area contributed by atoms with Crippen LogP contribution in [0.2, 0.25) is 0 Å². The van der Waals surface area contributed by atoms with Gasteiger partial charge in [-0.2, -0.15) is 0 Å². The van der Waals surface area contributed by atoms with Gasteiger partial charge in [-0.1, -0.05) is 92.7 Å². The van der Waals surface area contributed by atoms with E-state index in [1.807, 2.05) is 66.4 Å². The van der Waals surface area contributed by atoms with E-state index < -0.39 is 18.2 Å². The zero-order chi connectivity index (χ0) is 45.7. The average molecular weight is 891 g/mol. The summed E-state index contributed by atoms with van der Waals surface area (Å²) in [4.78, 5) is 73.5. The normalized spacial score (nSPS) is 18.7. The van der Waals surface area contributed by atoms with E-state index in [-0.39, 0.29) is 41.6 Å². The van der Waals surface area contributed by atoms with Crippen molar-refractivity contribution in [2.75, 3.05) is 33.4 Å². The van der Waals surface area contributed by atoms with Crippen molar-refractivity contribution in [2.24, 2.45) is 11.8 Å². The van der Waals surface area contributed by atoms with Gasteiger partial charge in [-0.15, -0.1) is 0 Å². The van der Waals surface area contributed by atoms with Gasteiger partial charge in [0.2, 0.25) is 17.7 Å². The van der Waals surface area contributed by atoms with Crippen LogP contribution in [0.3, 0.4) is 0 Å². The number of aromatic amines is 2. The highest BCUT2D eigenvalue weighted by Crippen LogP contribution is 2.36. The topological polar surface area (TPSA) is 175 Å². The number of likely N-dealkylation sites (tertiary alicyclic amines) is 2. The van der Waals surface area contributed by atoms with Gasteiger partial charge in [0.1, 0.15) is 23.7 Å². The molecule has 0 bridgehead atoms. The number of aromatic nitrogens is 4. The number of imidazole rings is 2. The van der Waals surface area contributed by atoms with Gasteiger partial charge >= 0.3 is 6.09 Å². The Balaban J connectivity index is 0.858. The summed E-state index contributed by atoms with van der Waals surface area (Å²) in [5, 5.41) is 8.00. The van der Waals surface area contributed by atoms with Gasteiger partial charge in [-0.05, 0) is 95.5 Å². The van der Waals surface area contributed by atoms with E-state index in [4.69, 9.17) is 19.4 Å². The number of H-pyrrole nitrogens is 2. The van der Waals surface area contributed by atoms with Crippen LogP contribution in [-0.2, 0) is 23.9 Å². The molecule has 3 saturated heterocycles. The lowest BCUT2D eigenvalue weighted by atomic mass is 9.95. The minimum absolute atomic E-state index is 0.108. The third kappa shape index (κ3) is 9.60. The molecule has 3 fully saturated rings. The van der Waals surface area contributed by atoms with Crippen molar-refractivity contribution >= 4 is 34.6 Å². The largest absolute Gasteiger partial charge is 0.453 e. The molecule has 4 amide bonds. The van der Waals surface area contributed by atoms with E-state index in [9.17, 15) is 19.2 Å². The van der Waals surface area contributed by atoms with Gasteiger partial charge in [0.05, 0.1) is 43.0 Å². The fourth-order valence-corrected chi connectivity index (χ4v) is 9.78. The molecular weight excluding hydrogens is 833 g/mol. The van der Waals surface area contributed by atoms with Crippen molar-refractivity contribution in [1.82, 2.24) is 40.4 Å². The van der Waals surface area contributed by atoms with Gasteiger partial charge in [0, 0.05) is 38.3 Å². The molecule has 14 heteroatoms. The van der Waals surface area contributed by atoms with Crippen LogP contribution in [0.15, 0.2) is 103 Å². The van der Waals surface area contributed by atoms with Crippen molar-refractivity contribution in [1.29, 1.82) is 0 Å². The Bertz CT molecular complexity index is 2670. The molecule has 5 heterocycles. The summed E-state index contributed by atoms with van der Waals surface area (Å²) in [6.45, 7) is 6.33. The Morgan fingerprint density at radius 3 is 1.88 bits per heavy atom. The molecule has 4 aromatic carbocycles. The van der Waals surface area contributed by atoms with Gasteiger partial charge in [0.25, 0.3) is 0 Å². The number of carbonyl (C=O) groups is 4. The summed E-state index contributed by atoms with van der Waals surface area (Å²) < 4.78 is 10.3. The molecule has 3 aliphatic heterocycles. The molecule has 14 nitrogen and oxygen atoms in total. The first-order valence-corrected chi connectivity index (χ1v) is 23.3. The molecule has 0 spiro atoms. The molecule has 4 N–H and O–H groups in total. The lowest BCUT2D eigenvalue weighted by molar-refractivity contribution is -0.138. The lowest BCUT2D eigenvalue weighted by Crippen LogP contribution is -2.51. The van der Waals surface area contributed by atoms with Crippen LogP contribution in [0, 0.1) is 11.8 Å². The highest BCUT2D eigenvalue weighted by molar-refractivity contribution is 5.91. The molecule has 0 aliphatic carbocycles. The summed E-state index contributed by atoms with van der Waals surface area (Å²) in [6, 6.07) is 28.8. The van der Waals surface area contributed by atoms with E-state index in [1.165, 1.54) is 7.11 Å². The van der Waals surface area contributed by atoms with Crippen LogP contribution >= 0.6 is 0 Å². The summed E-state index contributed by atoms with van der Waals surface area (Å²) in [7, 11) is 1.29. The summed E-state index contributed by atoms with van der Waals surface area (Å²) in [6.07, 6.45) is 8.38. The molecule has 9 rings (SSSR count). The van der Waals surface area contributed by atoms with Crippen LogP contribution in [-0.4, -0.2) is 93.0 Å². The zero-order valence-corrected chi connectivity index (χ0v) is 37.8. The number of alkyl carbamates (subject to hydrolysis) is 1. The van der Waals surface area contributed by atoms with Crippen molar-refractivity contribution in [2.45, 2.75) is 83.0 Å². The van der Waals surface area contributed by atoms with Crippen LogP contribution in [0.4, 0.5) is 4.79 Å². The first-order valence-electron chi connectivity index (χ1n) is 23.3. The Hall–Kier alpha value is -6.80. The standard InChI is InChI=1S/C52H58N8O6/c1-32(2)46(58-52(64)65-3)50(62)59-23-7-11-43(59)49-54-31-42(56-49)40-20-19-38-28-37(17-18-39(38)29-40)34-13-15-35(16-14-34)41-30-53-48(55-41)44-12-8-24-60(44)51(63)47(36-9-5-4-6-10-36)57-45(61)27-33-21-25-66-26-22-33/h4-6,9-10,13-20,28-33,43-44,46-47H,7-8,11-12,21-27H2,1-3H3,(H,53,55)(H,54,56)(H,57,61)(H,58,64). The number of carbonyl (C=O) groups excluding carboxylic acids is 4. The molecule has 342 valence electrons. The van der Waals surface area contributed by atoms with Crippen LogP contribution in [0.5, 0.6) is 0 Å². The predicted molar refractivity (Wildman–Crippen MR) is 252 cm³/mol. The monoisotopic (exact) mass is 890 g/mol. The number of fused-ring (bicyclic) bond motifs is 1. The Kier molecular flexibility index (Phi) is 13.3. The Labute approximate surface area is 384 Å². The van der Waals surface area contributed by atoms with E-state index in [0.717, 1.165) is 100 Å². The number of nitrogens with zero attached hydrogens (tertiary/aromatic N) is 4. The quantitative estimate of drug-likeness (QED) is 0.0891. The van der Waals surface area contributed by atoms with Crippen LogP contribution in [0.25, 0.3) is 44.4 Å². The molecule has 2 aromatic heterocycles. The first-order chi connectivity index (χ1) is 32.1. The molecule has 6 aromatic rings. The number of methoxy groups -OCH3 is 1. The summed E-state index contributed by atoms with van der Waals surface area (Å²) >= 11 is 0. The smallest absolute Gasteiger partial charge is 0.407 e. The van der Waals surface area contributed by atoms with E-state index in [2.05, 4.69) is 81.3 Å². The lowest BCUT2D eigenvalue weighted by Gasteiger charge is -2.30. The molecule has 0 saturated carbocycles. The number of hydrogen-bond donors (Lipinski definition) is 4. The molecule has 4 atom stereocenters. The Morgan fingerprint density at radius 1 is 0.697 bits per heavy atom. The number of benzene rings is 4. The SMILES string of the molecule is COC(=O)NC(C(=O)N1CCCC1c1ncc(-c2ccc3cc(-c4ccc(-c5cnc(C6CCCN6C(=O)C(NC(=O)CC6CCOCC6)c6ccccc6)[nH]5)cc4)ccc3c2)[nH]1)C(C)C. The summed E-state index contributed by atoms with van der Waals surface area (Å²) in [5.74, 6) is 1.24. The molecular formula is C52H58N8O6. The second kappa shape index (κ2) is 19.7. The predicted octanol–water partition coefficient (Wildman–Crippen LogP) is 8.67. The maximum Gasteiger partial charge on any atom is 0.407 e. The highest BCUT2D eigenvalue weighted by Gasteiger charge is 2.39.